The molecular formula is C61H86. The van der Waals surface area contributed by atoms with E-state index in [0.717, 1.165) is 183 Å². The molecule has 19 fully saturated rings. The van der Waals surface area contributed by atoms with Crippen molar-refractivity contribution in [2.45, 2.75) is 123 Å². The fourth-order valence-electron chi connectivity index (χ4n) is 36.5. The first-order chi connectivity index (χ1) is 29.2. The highest BCUT2D eigenvalue weighted by Crippen LogP contribution is 3.19. The summed E-state index contributed by atoms with van der Waals surface area (Å²) in [5.74, 6) is 36.7. The lowest BCUT2D eigenvalue weighted by molar-refractivity contribution is -0.719. The van der Waals surface area contributed by atoms with Gasteiger partial charge in [-0.25, -0.2) is 0 Å². The largest absolute Gasteiger partial charge is 0.0620 e. The molecule has 330 valence electrons. The van der Waals surface area contributed by atoms with E-state index in [9.17, 15) is 0 Å². The van der Waals surface area contributed by atoms with Crippen LogP contribution in [0.1, 0.15) is 123 Å². The Balaban J connectivity index is 1.02. The maximum atomic E-state index is 3.15. The van der Waals surface area contributed by atoms with Crippen molar-refractivity contribution in [1.82, 2.24) is 0 Å². The fraction of sp³-hybridized carbons (Fsp3) is 1.00. The third-order valence-corrected chi connectivity index (χ3v) is 35.6. The normalized spacial score (nSPS) is 88.0. The zero-order valence-electron chi connectivity index (χ0n) is 41.1. The van der Waals surface area contributed by atoms with Crippen LogP contribution < -0.4 is 0 Å². The molecule has 61 heavy (non-hydrogen) atoms. The molecule has 14 bridgehead atoms. The molecule has 19 saturated carbocycles. The molecule has 0 aromatic rings. The highest BCUT2D eigenvalue weighted by Gasteiger charge is 3.17. The number of fused-ring (bicyclic) bond motifs is 30. The molecule has 19 aliphatic rings. The lowest BCUT2D eigenvalue weighted by Crippen LogP contribution is -3.15. The molecule has 43 atom stereocenters. The molecule has 0 aromatic heterocycles. The summed E-state index contributed by atoms with van der Waals surface area (Å²) in [5.41, 5.74) is 4.52. The van der Waals surface area contributed by atoms with Crippen molar-refractivity contribution >= 4 is 0 Å². The van der Waals surface area contributed by atoms with Gasteiger partial charge in [0.2, 0.25) is 0 Å². The summed E-state index contributed by atoms with van der Waals surface area (Å²) in [5, 5.41) is 0. The van der Waals surface area contributed by atoms with Gasteiger partial charge in [-0.3, -0.25) is 0 Å². The Labute approximate surface area is 372 Å². The van der Waals surface area contributed by atoms with E-state index in [1.165, 1.54) is 35.5 Å². The summed E-state index contributed by atoms with van der Waals surface area (Å²) in [6, 6.07) is 0. The van der Waals surface area contributed by atoms with Gasteiger partial charge in [0, 0.05) is 0 Å². The van der Waals surface area contributed by atoms with Crippen LogP contribution >= 0.6 is 0 Å². The van der Waals surface area contributed by atoms with E-state index in [0.29, 0.717) is 32.5 Å². The van der Waals surface area contributed by atoms with Gasteiger partial charge in [0.05, 0.1) is 0 Å². The van der Waals surface area contributed by atoms with Gasteiger partial charge in [-0.1, -0.05) is 96.9 Å². The van der Waals surface area contributed by atoms with Crippen molar-refractivity contribution in [2.24, 2.45) is 251 Å². The molecule has 0 nitrogen and oxygen atoms in total. The van der Waals surface area contributed by atoms with Gasteiger partial charge >= 0.3 is 0 Å². The molecule has 0 N–H and O–H groups in total. The van der Waals surface area contributed by atoms with Gasteiger partial charge in [0.15, 0.2) is 0 Å². The van der Waals surface area contributed by atoms with Gasteiger partial charge in [-0.05, 0) is 277 Å². The van der Waals surface area contributed by atoms with Crippen LogP contribution in [-0.4, -0.2) is 0 Å². The minimum absolute atomic E-state index is 0.590. The van der Waals surface area contributed by atoms with Crippen LogP contribution in [0, 0.1) is 251 Å². The minimum Gasteiger partial charge on any atom is -0.0620 e. The van der Waals surface area contributed by atoms with E-state index in [4.69, 9.17) is 0 Å². The first kappa shape index (κ1) is 35.2. The average molecular weight is 819 g/mol. The number of rotatable bonds is 0. The van der Waals surface area contributed by atoms with Gasteiger partial charge < -0.3 is 0 Å². The fourth-order valence-corrected chi connectivity index (χ4v) is 36.5. The summed E-state index contributed by atoms with van der Waals surface area (Å²) in [6.07, 6.45) is 6.65. The average Bonchev–Trinajstić information content (AvgIpc) is 3.27. The molecular weight excluding hydrogens is 733 g/mol. The predicted octanol–water partition coefficient (Wildman–Crippen LogP) is 13.2. The van der Waals surface area contributed by atoms with Gasteiger partial charge in [0.1, 0.15) is 0 Å². The summed E-state index contributed by atoms with van der Waals surface area (Å²) in [4.78, 5) is 0. The first-order valence-corrected chi connectivity index (χ1v) is 29.2. The SMILES string of the molecule is CC1C(C)C2C3CCC1C1C(C)C(C)C24C3C2C3C5C6C7C8CC9C%10C%11CC%12C%13C(C)C(C)C7(C98C%10C%12%11)C67C(C)C(C)C%13C6C(C)C(C)C57C35C(C)C(C)C6C1C(C)C(C)C245. The summed E-state index contributed by atoms with van der Waals surface area (Å²) in [6.45, 7) is 42.9. The Morgan fingerprint density at radius 2 is 0.672 bits per heavy atom. The van der Waals surface area contributed by atoms with Crippen LogP contribution in [0.2, 0.25) is 0 Å². The van der Waals surface area contributed by atoms with E-state index < -0.39 is 0 Å². The zero-order chi connectivity index (χ0) is 41.1. The Bertz CT molecular complexity index is 2240. The molecule has 0 heterocycles. The van der Waals surface area contributed by atoms with E-state index in [1.54, 1.807) is 25.7 Å². The molecule has 0 aromatic carbocycles. The second kappa shape index (κ2) is 8.81. The Hall–Kier alpha value is 0. The molecule has 7 spiro atoms. The third kappa shape index (κ3) is 2.14. The maximum absolute atomic E-state index is 3.15. The van der Waals surface area contributed by atoms with Crippen LogP contribution in [0.5, 0.6) is 0 Å². The molecule has 0 saturated heterocycles. The van der Waals surface area contributed by atoms with Crippen molar-refractivity contribution in [1.29, 1.82) is 0 Å². The van der Waals surface area contributed by atoms with Crippen molar-refractivity contribution < 1.29 is 0 Å². The Kier molecular flexibility index (Phi) is 5.08. The molecule has 43 unspecified atom stereocenters. The third-order valence-electron chi connectivity index (χ3n) is 35.6. The van der Waals surface area contributed by atoms with Gasteiger partial charge in [0.25, 0.3) is 0 Å². The van der Waals surface area contributed by atoms with E-state index >= 15 is 0 Å². The topological polar surface area (TPSA) is 0 Å². The molecule has 0 aliphatic heterocycles. The van der Waals surface area contributed by atoms with Crippen LogP contribution in [-0.2, 0) is 0 Å². The zero-order valence-corrected chi connectivity index (χ0v) is 41.1. The highest BCUT2D eigenvalue weighted by molar-refractivity contribution is 5.62. The second-order valence-corrected chi connectivity index (χ2v) is 31.6. The van der Waals surface area contributed by atoms with Crippen molar-refractivity contribution in [3.05, 3.63) is 0 Å². The summed E-state index contributed by atoms with van der Waals surface area (Å²) in [7, 11) is 0. The number of hydrogen-bond acceptors (Lipinski definition) is 0. The van der Waals surface area contributed by atoms with Crippen molar-refractivity contribution in [2.75, 3.05) is 0 Å². The molecule has 0 radical (unpaired) electrons. The quantitative estimate of drug-likeness (QED) is 0.228. The van der Waals surface area contributed by atoms with Gasteiger partial charge in [-0.2, -0.15) is 0 Å². The standard InChI is InChI=1S/C61H86/c1-19-20(2)47-34-16-15-33(19)39-21(3)27(9)55(47)48(34)51-53-54-52-49-38-18-37-46-36-17-35-40-22(4)28(10)57(49,56(37,38)50(46)45(35)36)59(52)30(12)24(6)42(40)44-26(8)32(14)61(54,59)60(53)31(13)25(7)43(44)41(39)23(5)29(11)58(51,55)60/h19-54H,15-18H2,1-14H3. The van der Waals surface area contributed by atoms with Crippen LogP contribution in [0.15, 0.2) is 0 Å². The van der Waals surface area contributed by atoms with Gasteiger partial charge in [-0.15, -0.1) is 0 Å². The smallest absolute Gasteiger partial charge is 0.00995 e. The first-order valence-electron chi connectivity index (χ1n) is 29.2. The molecule has 19 rings (SSSR count). The molecule has 19 aliphatic carbocycles. The van der Waals surface area contributed by atoms with Crippen molar-refractivity contribution in [3.63, 3.8) is 0 Å². The highest BCUT2D eigenvalue weighted by atomic mass is 15.2. The van der Waals surface area contributed by atoms with Crippen LogP contribution in [0.25, 0.3) is 0 Å². The van der Waals surface area contributed by atoms with E-state index in [-0.39, 0.29) is 0 Å². The summed E-state index contributed by atoms with van der Waals surface area (Å²) >= 11 is 0. The van der Waals surface area contributed by atoms with E-state index in [1.807, 2.05) is 0 Å². The maximum Gasteiger partial charge on any atom is -0.00995 e. The molecule has 0 amide bonds. The van der Waals surface area contributed by atoms with Crippen LogP contribution in [0.4, 0.5) is 0 Å². The predicted molar refractivity (Wildman–Crippen MR) is 241 cm³/mol. The monoisotopic (exact) mass is 819 g/mol. The van der Waals surface area contributed by atoms with E-state index in [2.05, 4.69) is 96.9 Å². The Morgan fingerprint density at radius 1 is 0.246 bits per heavy atom. The Morgan fingerprint density at radius 3 is 1.28 bits per heavy atom. The van der Waals surface area contributed by atoms with Crippen LogP contribution in [0.3, 0.4) is 0 Å². The summed E-state index contributed by atoms with van der Waals surface area (Å²) < 4.78 is 0. The lowest BCUT2D eigenvalue weighted by Gasteiger charge is -3.17. The number of hydrogen-bond donors (Lipinski definition) is 0. The molecule has 0 heteroatoms. The second-order valence-electron chi connectivity index (χ2n) is 31.6. The van der Waals surface area contributed by atoms with Crippen molar-refractivity contribution in [3.8, 4) is 0 Å². The lowest BCUT2D eigenvalue weighted by atomic mass is 8.86. The minimum atomic E-state index is 0.590.